The Balaban J connectivity index is 1.82. The number of nitrogens with one attached hydrogen (secondary N) is 1. The molecule has 1 saturated carbocycles. The molecule has 176 valence electrons. The number of esters is 1. The van der Waals surface area contributed by atoms with Crippen LogP contribution in [0.3, 0.4) is 0 Å². The van der Waals surface area contributed by atoms with E-state index in [0.29, 0.717) is 11.4 Å². The van der Waals surface area contributed by atoms with Crippen LogP contribution in [0.2, 0.25) is 0 Å². The van der Waals surface area contributed by atoms with Gasteiger partial charge in [0.25, 0.3) is 5.91 Å². The fourth-order valence-corrected chi connectivity index (χ4v) is 4.65. The number of nitrogens with zero attached hydrogens (tertiary/aromatic N) is 3. The Bertz CT molecular complexity index is 1090. The minimum atomic E-state index is -1.29. The lowest BCUT2D eigenvalue weighted by atomic mass is 9.93. The first-order chi connectivity index (χ1) is 15.8. The number of carbonyl (C=O) groups excluding carboxylic acids is 3. The average Bonchev–Trinajstić information content (AvgIpc) is 3.44. The Morgan fingerprint density at radius 1 is 1.24 bits per heavy atom. The van der Waals surface area contributed by atoms with Crippen LogP contribution in [0.5, 0.6) is 5.75 Å². The van der Waals surface area contributed by atoms with Crippen LogP contribution in [0.4, 0.5) is 5.69 Å². The van der Waals surface area contributed by atoms with Crippen LogP contribution < -0.4 is 15.0 Å². The number of fused-ring (bicyclic) bond motifs is 1. The summed E-state index contributed by atoms with van der Waals surface area (Å²) in [5, 5.41) is 7.44. The van der Waals surface area contributed by atoms with E-state index in [4.69, 9.17) is 9.47 Å². The van der Waals surface area contributed by atoms with Gasteiger partial charge in [0.2, 0.25) is 5.91 Å². The molecule has 1 aromatic carbocycles. The van der Waals surface area contributed by atoms with E-state index in [0.717, 1.165) is 31.2 Å². The Kier molecular flexibility index (Phi) is 6.14. The van der Waals surface area contributed by atoms with Gasteiger partial charge in [0.05, 0.1) is 25.9 Å². The summed E-state index contributed by atoms with van der Waals surface area (Å²) >= 11 is 0. The van der Waals surface area contributed by atoms with E-state index in [9.17, 15) is 14.4 Å². The number of anilines is 1. The molecule has 0 spiro atoms. The predicted molar refractivity (Wildman–Crippen MR) is 122 cm³/mol. The van der Waals surface area contributed by atoms with E-state index < -0.39 is 17.4 Å². The summed E-state index contributed by atoms with van der Waals surface area (Å²) in [6, 6.07) is 7.00. The molecule has 2 heterocycles. The fraction of sp³-hybridized carbons (Fsp3) is 0.500. The van der Waals surface area contributed by atoms with E-state index in [1.54, 1.807) is 19.9 Å². The smallest absolute Gasteiger partial charge is 0.358 e. The number of benzene rings is 1. The van der Waals surface area contributed by atoms with Crippen LogP contribution in [0.1, 0.15) is 66.1 Å². The van der Waals surface area contributed by atoms with Crippen LogP contribution in [0.15, 0.2) is 24.3 Å². The number of rotatable bonds is 6. The standard InChI is InChI=1S/C24H30N4O5/c1-5-33-22(30)17-13-19-21(29)28(18-12-15(2)10-11-20(18)32-4)24(3,14-27(19)26-17)23(31)25-16-8-6-7-9-16/h10-13,16H,5-9,14H2,1-4H3,(H,25,31). The molecule has 2 amide bonds. The van der Waals surface area contributed by atoms with Gasteiger partial charge in [-0.3, -0.25) is 19.2 Å². The van der Waals surface area contributed by atoms with Crippen molar-refractivity contribution in [3.63, 3.8) is 0 Å². The molecule has 1 aliphatic heterocycles. The number of aromatic nitrogens is 2. The molecule has 1 atom stereocenters. The molecule has 0 saturated heterocycles. The minimum absolute atomic E-state index is 0.0387. The third kappa shape index (κ3) is 4.07. The van der Waals surface area contributed by atoms with Gasteiger partial charge in [-0.2, -0.15) is 5.10 Å². The van der Waals surface area contributed by atoms with Crippen LogP contribution in [-0.2, 0) is 16.1 Å². The van der Waals surface area contributed by atoms with Crippen molar-refractivity contribution in [1.29, 1.82) is 0 Å². The number of ether oxygens (including phenoxy) is 2. The first-order valence-electron chi connectivity index (χ1n) is 11.3. The molecule has 0 radical (unpaired) electrons. The van der Waals surface area contributed by atoms with Gasteiger partial charge < -0.3 is 14.8 Å². The van der Waals surface area contributed by atoms with Gasteiger partial charge in [0.15, 0.2) is 5.69 Å². The van der Waals surface area contributed by atoms with Crippen molar-refractivity contribution in [2.45, 2.75) is 64.6 Å². The Morgan fingerprint density at radius 2 is 1.97 bits per heavy atom. The van der Waals surface area contributed by atoms with E-state index in [1.807, 2.05) is 19.1 Å². The highest BCUT2D eigenvalue weighted by molar-refractivity contribution is 6.13. The summed E-state index contributed by atoms with van der Waals surface area (Å²) in [4.78, 5) is 41.2. The maximum atomic E-state index is 13.8. The second-order valence-electron chi connectivity index (χ2n) is 8.84. The van der Waals surface area contributed by atoms with Gasteiger partial charge in [-0.1, -0.05) is 18.9 Å². The molecule has 33 heavy (non-hydrogen) atoms. The molecular weight excluding hydrogens is 424 g/mol. The molecular formula is C24H30N4O5. The molecule has 1 N–H and O–H groups in total. The fourth-order valence-electron chi connectivity index (χ4n) is 4.65. The highest BCUT2D eigenvalue weighted by Gasteiger charge is 2.50. The molecule has 9 nitrogen and oxygen atoms in total. The molecule has 9 heteroatoms. The maximum absolute atomic E-state index is 13.8. The molecule has 2 aliphatic rings. The zero-order valence-corrected chi connectivity index (χ0v) is 19.5. The van der Waals surface area contributed by atoms with E-state index in [-0.39, 0.29) is 36.5 Å². The van der Waals surface area contributed by atoms with E-state index in [1.165, 1.54) is 22.8 Å². The molecule has 1 aliphatic carbocycles. The number of carbonyl (C=O) groups is 3. The molecule has 1 aromatic heterocycles. The lowest BCUT2D eigenvalue weighted by Crippen LogP contribution is -2.65. The van der Waals surface area contributed by atoms with Crippen LogP contribution >= 0.6 is 0 Å². The van der Waals surface area contributed by atoms with E-state index >= 15 is 0 Å². The number of hydrogen-bond donors (Lipinski definition) is 1. The monoisotopic (exact) mass is 454 g/mol. The van der Waals surface area contributed by atoms with Crippen LogP contribution in [0, 0.1) is 6.92 Å². The van der Waals surface area contributed by atoms with Gasteiger partial charge in [0, 0.05) is 12.1 Å². The first kappa shape index (κ1) is 22.8. The summed E-state index contributed by atoms with van der Waals surface area (Å²) in [6.45, 7) is 5.63. The predicted octanol–water partition coefficient (Wildman–Crippen LogP) is 2.85. The van der Waals surface area contributed by atoms with Crippen molar-refractivity contribution < 1.29 is 23.9 Å². The van der Waals surface area contributed by atoms with Gasteiger partial charge >= 0.3 is 5.97 Å². The second kappa shape index (κ2) is 8.88. The normalized spacial score (nSPS) is 20.5. The van der Waals surface area contributed by atoms with Crippen LogP contribution in [-0.4, -0.2) is 52.9 Å². The summed E-state index contributed by atoms with van der Waals surface area (Å²) in [7, 11) is 1.53. The van der Waals surface area contributed by atoms with Crippen molar-refractivity contribution >= 4 is 23.5 Å². The molecule has 2 aromatic rings. The van der Waals surface area contributed by atoms with Gasteiger partial charge in [-0.25, -0.2) is 4.79 Å². The zero-order valence-electron chi connectivity index (χ0n) is 19.5. The third-order valence-corrected chi connectivity index (χ3v) is 6.39. The van der Waals surface area contributed by atoms with Crippen molar-refractivity contribution in [3.05, 3.63) is 41.2 Å². The largest absolute Gasteiger partial charge is 0.495 e. The third-order valence-electron chi connectivity index (χ3n) is 6.39. The Labute approximate surface area is 193 Å². The van der Waals surface area contributed by atoms with Gasteiger partial charge in [-0.05, 0) is 51.3 Å². The minimum Gasteiger partial charge on any atom is -0.495 e. The second-order valence-corrected chi connectivity index (χ2v) is 8.84. The highest BCUT2D eigenvalue weighted by atomic mass is 16.5. The lowest BCUT2D eigenvalue weighted by Gasteiger charge is -2.44. The lowest BCUT2D eigenvalue weighted by molar-refractivity contribution is -0.127. The zero-order chi connectivity index (χ0) is 23.8. The van der Waals surface area contributed by atoms with Crippen molar-refractivity contribution in [3.8, 4) is 5.75 Å². The molecule has 0 bridgehead atoms. The summed E-state index contributed by atoms with van der Waals surface area (Å²) in [5.41, 5.74) is 0.385. The molecule has 4 rings (SSSR count). The average molecular weight is 455 g/mol. The van der Waals surface area contributed by atoms with Crippen molar-refractivity contribution in [2.75, 3.05) is 18.6 Å². The Morgan fingerprint density at radius 3 is 2.64 bits per heavy atom. The summed E-state index contributed by atoms with van der Waals surface area (Å²) in [6.07, 6.45) is 3.98. The number of hydrogen-bond acceptors (Lipinski definition) is 6. The van der Waals surface area contributed by atoms with Crippen molar-refractivity contribution in [2.24, 2.45) is 0 Å². The molecule has 1 unspecified atom stereocenters. The number of amides is 2. The van der Waals surface area contributed by atoms with Crippen LogP contribution in [0.25, 0.3) is 0 Å². The SMILES string of the molecule is CCOC(=O)c1cc2n(n1)CC(C)(C(=O)NC1CCCC1)N(c1cc(C)ccc1OC)C2=O. The van der Waals surface area contributed by atoms with E-state index in [2.05, 4.69) is 10.4 Å². The highest BCUT2D eigenvalue weighted by Crippen LogP contribution is 2.39. The first-order valence-corrected chi connectivity index (χ1v) is 11.3. The summed E-state index contributed by atoms with van der Waals surface area (Å²) < 4.78 is 12.0. The number of aryl methyl sites for hydroxylation is 1. The van der Waals surface area contributed by atoms with Crippen molar-refractivity contribution in [1.82, 2.24) is 15.1 Å². The quantitative estimate of drug-likeness (QED) is 0.674. The van der Waals surface area contributed by atoms with Gasteiger partial charge in [0.1, 0.15) is 17.0 Å². The maximum Gasteiger partial charge on any atom is 0.358 e. The number of methoxy groups -OCH3 is 1. The molecule has 1 fully saturated rings. The van der Waals surface area contributed by atoms with Gasteiger partial charge in [-0.15, -0.1) is 0 Å². The topological polar surface area (TPSA) is 103 Å². The Hall–Kier alpha value is -3.36. The summed E-state index contributed by atoms with van der Waals surface area (Å²) in [5.74, 6) is -0.821.